The van der Waals surface area contributed by atoms with Gasteiger partial charge < -0.3 is 11.1 Å². The molecule has 5 aliphatic carbocycles. The molecule has 5 aliphatic rings. The van der Waals surface area contributed by atoms with Crippen molar-refractivity contribution in [1.29, 1.82) is 0 Å². The number of carbonyl (C=O) groups excluding carboxylic acids is 1. The molecular formula is C20H29N9O. The number of tetrazole rings is 1. The summed E-state index contributed by atoms with van der Waals surface area (Å²) in [6.45, 7) is 0. The van der Waals surface area contributed by atoms with Crippen LogP contribution in [0.3, 0.4) is 0 Å². The highest BCUT2D eigenvalue weighted by Gasteiger charge is 2.60. The van der Waals surface area contributed by atoms with Gasteiger partial charge in [-0.2, -0.15) is 4.80 Å². The molecule has 1 amide bonds. The Morgan fingerprint density at radius 2 is 1.87 bits per heavy atom. The molecule has 2 atom stereocenters. The molecule has 5 saturated carbocycles. The van der Waals surface area contributed by atoms with Gasteiger partial charge in [-0.15, -0.1) is 15.3 Å². The monoisotopic (exact) mass is 411 g/mol. The number of hydrogen-bond acceptors (Lipinski definition) is 7. The van der Waals surface area contributed by atoms with E-state index >= 15 is 0 Å². The first-order chi connectivity index (χ1) is 14.5. The first-order valence-corrected chi connectivity index (χ1v) is 11.3. The Kier molecular flexibility index (Phi) is 4.03. The zero-order chi connectivity index (χ0) is 20.3. The van der Waals surface area contributed by atoms with Crippen molar-refractivity contribution in [3.8, 4) is 0 Å². The molecule has 3 N–H and O–H groups in total. The Hall–Kier alpha value is -2.36. The van der Waals surface area contributed by atoms with E-state index in [2.05, 4.69) is 31.0 Å². The van der Waals surface area contributed by atoms with Crippen molar-refractivity contribution >= 4 is 5.91 Å². The average molecular weight is 412 g/mol. The van der Waals surface area contributed by atoms with Gasteiger partial charge in [0.25, 0.3) is 5.91 Å². The third-order valence-electron chi connectivity index (χ3n) is 8.04. The van der Waals surface area contributed by atoms with E-state index in [0.717, 1.165) is 57.8 Å². The molecule has 10 heteroatoms. The van der Waals surface area contributed by atoms with Crippen LogP contribution in [0.25, 0.3) is 0 Å². The quantitative estimate of drug-likeness (QED) is 0.773. The van der Waals surface area contributed by atoms with E-state index < -0.39 is 0 Å². The number of nitrogens with one attached hydrogen (secondary N) is 1. The van der Waals surface area contributed by atoms with E-state index in [4.69, 9.17) is 5.73 Å². The van der Waals surface area contributed by atoms with Crippen LogP contribution in [0.5, 0.6) is 0 Å². The lowest BCUT2D eigenvalue weighted by Gasteiger charge is -2.61. The molecule has 0 radical (unpaired) electrons. The lowest BCUT2D eigenvalue weighted by Crippen LogP contribution is -2.66. The number of nitrogens with zero attached hydrogens (tertiary/aromatic N) is 7. The molecule has 160 valence electrons. The van der Waals surface area contributed by atoms with Gasteiger partial charge in [0.15, 0.2) is 12.0 Å². The summed E-state index contributed by atoms with van der Waals surface area (Å²) in [6.07, 6.45) is 13.6. The minimum absolute atomic E-state index is 0.114. The summed E-state index contributed by atoms with van der Waals surface area (Å²) in [4.78, 5) is 15.0. The van der Waals surface area contributed by atoms with Gasteiger partial charge in [-0.3, -0.25) is 4.79 Å². The van der Waals surface area contributed by atoms with Crippen molar-refractivity contribution in [1.82, 2.24) is 40.5 Å². The predicted molar refractivity (Wildman–Crippen MR) is 106 cm³/mol. The normalized spacial score (nSPS) is 39.9. The van der Waals surface area contributed by atoms with Gasteiger partial charge in [-0.25, -0.2) is 4.68 Å². The van der Waals surface area contributed by atoms with Gasteiger partial charge in [-0.05, 0) is 81.3 Å². The topological polar surface area (TPSA) is 129 Å². The maximum absolute atomic E-state index is 13.2. The number of aromatic nitrogens is 7. The smallest absolute Gasteiger partial charge is 0.273 e. The molecule has 2 aromatic heterocycles. The summed E-state index contributed by atoms with van der Waals surface area (Å²) in [5.41, 5.74) is 6.10. The number of amides is 1. The highest BCUT2D eigenvalue weighted by Crippen LogP contribution is 2.60. The van der Waals surface area contributed by atoms with Crippen molar-refractivity contribution < 1.29 is 4.79 Å². The van der Waals surface area contributed by atoms with Crippen molar-refractivity contribution in [2.75, 3.05) is 0 Å². The predicted octanol–water partition coefficient (Wildman–Crippen LogP) is 1.18. The van der Waals surface area contributed by atoms with E-state index in [-0.39, 0.29) is 23.0 Å². The third kappa shape index (κ3) is 2.95. The second kappa shape index (κ2) is 6.57. The Morgan fingerprint density at radius 1 is 1.10 bits per heavy atom. The summed E-state index contributed by atoms with van der Waals surface area (Å²) in [6, 6.07) is 0.579. The van der Waals surface area contributed by atoms with Crippen LogP contribution in [0, 0.1) is 11.8 Å². The molecule has 0 aromatic carbocycles. The Labute approximate surface area is 174 Å². The first kappa shape index (κ1) is 18.4. The molecular weight excluding hydrogens is 382 g/mol. The summed E-state index contributed by atoms with van der Waals surface area (Å²) < 4.78 is 1.86. The van der Waals surface area contributed by atoms with E-state index in [1.54, 1.807) is 0 Å². The van der Waals surface area contributed by atoms with Gasteiger partial charge in [-0.1, -0.05) is 5.21 Å². The largest absolute Gasteiger partial charge is 0.345 e. The van der Waals surface area contributed by atoms with Crippen molar-refractivity contribution in [2.24, 2.45) is 17.6 Å². The molecule has 7 rings (SSSR count). The van der Waals surface area contributed by atoms with Crippen LogP contribution >= 0.6 is 0 Å². The van der Waals surface area contributed by atoms with Crippen LogP contribution in [-0.2, 0) is 5.54 Å². The molecule has 0 aliphatic heterocycles. The molecule has 2 heterocycles. The third-order valence-corrected chi connectivity index (χ3v) is 8.04. The number of nitrogens with two attached hydrogens (primary N) is 1. The van der Waals surface area contributed by atoms with Crippen LogP contribution in [-0.4, -0.2) is 52.7 Å². The summed E-state index contributed by atoms with van der Waals surface area (Å²) in [5.74, 6) is 1.08. The van der Waals surface area contributed by atoms with Crippen LogP contribution in [0.4, 0.5) is 0 Å². The highest BCUT2D eigenvalue weighted by molar-refractivity contribution is 5.92. The van der Waals surface area contributed by atoms with E-state index in [1.807, 2.05) is 15.7 Å². The van der Waals surface area contributed by atoms with Crippen LogP contribution in [0.2, 0.25) is 0 Å². The van der Waals surface area contributed by atoms with Crippen LogP contribution < -0.4 is 11.1 Å². The zero-order valence-electron chi connectivity index (χ0n) is 17.2. The fourth-order valence-corrected chi connectivity index (χ4v) is 7.21. The Balaban J connectivity index is 1.21. The molecule has 30 heavy (non-hydrogen) atoms. The maximum Gasteiger partial charge on any atom is 0.273 e. The second-order valence-corrected chi connectivity index (χ2v) is 10.3. The van der Waals surface area contributed by atoms with E-state index in [9.17, 15) is 4.79 Å². The SMILES string of the molecule is NC1CCC(n2cc(C(=O)NC34CC5CC(C3)CC(n3ncnn3)(C5)C4)nn2)CC1. The van der Waals surface area contributed by atoms with Gasteiger partial charge in [0.05, 0.1) is 17.8 Å². The van der Waals surface area contributed by atoms with Gasteiger partial charge in [0.1, 0.15) is 0 Å². The summed E-state index contributed by atoms with van der Waals surface area (Å²) in [5, 5.41) is 24.4. The molecule has 0 saturated heterocycles. The molecule has 0 spiro atoms. The lowest BCUT2D eigenvalue weighted by molar-refractivity contribution is -0.0811. The minimum atomic E-state index is -0.212. The molecule has 4 bridgehead atoms. The van der Waals surface area contributed by atoms with Crippen molar-refractivity contribution in [3.05, 3.63) is 18.2 Å². The van der Waals surface area contributed by atoms with Crippen LogP contribution in [0.15, 0.2) is 12.5 Å². The Bertz CT molecular complexity index is 916. The van der Waals surface area contributed by atoms with Crippen molar-refractivity contribution in [3.63, 3.8) is 0 Å². The summed E-state index contributed by atoms with van der Waals surface area (Å²) >= 11 is 0. The maximum atomic E-state index is 13.2. The van der Waals surface area contributed by atoms with Gasteiger partial charge in [0, 0.05) is 11.6 Å². The average Bonchev–Trinajstić information content (AvgIpc) is 3.40. The number of rotatable bonds is 4. The standard InChI is InChI=1S/C20H29N9O/c21-15-1-3-16(4-2-15)28-10-17(25-27-28)18(30)24-19-6-13-5-14(7-19)9-20(8-13,11-19)29-23-12-22-26-29/h10,12-16H,1-9,11,21H2,(H,24,30). The summed E-state index contributed by atoms with van der Waals surface area (Å²) in [7, 11) is 0. The highest BCUT2D eigenvalue weighted by atomic mass is 16.2. The van der Waals surface area contributed by atoms with E-state index in [1.165, 1.54) is 12.7 Å². The Morgan fingerprint density at radius 3 is 2.57 bits per heavy atom. The van der Waals surface area contributed by atoms with Crippen molar-refractivity contribution in [2.45, 2.75) is 87.4 Å². The first-order valence-electron chi connectivity index (χ1n) is 11.3. The molecule has 5 fully saturated rings. The lowest BCUT2D eigenvalue weighted by atomic mass is 9.50. The fraction of sp³-hybridized carbons (Fsp3) is 0.800. The van der Waals surface area contributed by atoms with Crippen LogP contribution in [0.1, 0.15) is 80.7 Å². The number of carbonyl (C=O) groups is 1. The van der Waals surface area contributed by atoms with E-state index in [0.29, 0.717) is 23.6 Å². The van der Waals surface area contributed by atoms with Gasteiger partial charge in [0.2, 0.25) is 0 Å². The fourth-order valence-electron chi connectivity index (χ4n) is 7.21. The number of hydrogen-bond donors (Lipinski definition) is 2. The van der Waals surface area contributed by atoms with Gasteiger partial charge >= 0.3 is 0 Å². The second-order valence-electron chi connectivity index (χ2n) is 10.3. The zero-order valence-corrected chi connectivity index (χ0v) is 17.2. The molecule has 2 unspecified atom stereocenters. The minimum Gasteiger partial charge on any atom is -0.345 e. The molecule has 2 aromatic rings. The molecule has 10 nitrogen and oxygen atoms in total.